The van der Waals surface area contributed by atoms with Gasteiger partial charge < -0.3 is 5.32 Å². The minimum Gasteiger partial charge on any atom is -0.368 e. The Hall–Kier alpha value is -0.870. The summed E-state index contributed by atoms with van der Waals surface area (Å²) in [4.78, 5) is 11.5. The molecule has 110 valence electrons. The Morgan fingerprint density at radius 2 is 2.00 bits per heavy atom. The third-order valence-corrected chi connectivity index (χ3v) is 4.80. The van der Waals surface area contributed by atoms with Crippen LogP contribution in [0.2, 0.25) is 5.15 Å². The number of rotatable bonds is 6. The van der Waals surface area contributed by atoms with Crippen molar-refractivity contribution in [1.29, 1.82) is 0 Å². The molecule has 1 unspecified atom stereocenters. The van der Waals surface area contributed by atoms with E-state index in [0.717, 1.165) is 29.8 Å². The Balaban J connectivity index is 1.66. The van der Waals surface area contributed by atoms with Crippen molar-refractivity contribution < 1.29 is 0 Å². The maximum Gasteiger partial charge on any atom is 0.137 e. The number of anilines is 1. The van der Waals surface area contributed by atoms with E-state index in [4.69, 9.17) is 11.6 Å². The summed E-state index contributed by atoms with van der Waals surface area (Å²) in [5, 5.41) is 4.05. The van der Waals surface area contributed by atoms with E-state index < -0.39 is 0 Å². The molecular weight excluding hydrogens is 272 g/mol. The summed E-state index contributed by atoms with van der Waals surface area (Å²) in [6, 6.07) is 1.28. The number of nitrogens with zero attached hydrogens (tertiary/aromatic N) is 3. The maximum absolute atomic E-state index is 6.23. The van der Waals surface area contributed by atoms with Gasteiger partial charge in [-0.25, -0.2) is 9.97 Å². The third-order valence-electron chi connectivity index (χ3n) is 4.43. The highest BCUT2D eigenvalue weighted by molar-refractivity contribution is 6.30. The monoisotopic (exact) mass is 294 g/mol. The molecule has 0 aliphatic heterocycles. The molecule has 1 heterocycles. The van der Waals surface area contributed by atoms with Crippen LogP contribution >= 0.6 is 11.6 Å². The van der Waals surface area contributed by atoms with Crippen molar-refractivity contribution in [2.45, 2.75) is 57.5 Å². The van der Waals surface area contributed by atoms with Gasteiger partial charge in [0.2, 0.25) is 0 Å². The van der Waals surface area contributed by atoms with Crippen LogP contribution in [-0.2, 0) is 0 Å². The van der Waals surface area contributed by atoms with E-state index in [-0.39, 0.29) is 0 Å². The zero-order chi connectivity index (χ0) is 14.3. The fourth-order valence-corrected chi connectivity index (χ4v) is 2.61. The van der Waals surface area contributed by atoms with Crippen molar-refractivity contribution in [3.05, 3.63) is 16.5 Å². The van der Waals surface area contributed by atoms with Crippen LogP contribution in [0.5, 0.6) is 0 Å². The number of hydrogen-bond acceptors (Lipinski definition) is 4. The van der Waals surface area contributed by atoms with Crippen LogP contribution in [0.3, 0.4) is 0 Å². The highest BCUT2D eigenvalue weighted by Crippen LogP contribution is 2.39. The summed E-state index contributed by atoms with van der Waals surface area (Å²) < 4.78 is 0. The number of hydrogen-bond donors (Lipinski definition) is 1. The van der Waals surface area contributed by atoms with Crippen LogP contribution in [0, 0.1) is 6.92 Å². The molecule has 0 spiro atoms. The van der Waals surface area contributed by atoms with E-state index >= 15 is 0 Å². The largest absolute Gasteiger partial charge is 0.368 e. The molecule has 1 aromatic rings. The summed E-state index contributed by atoms with van der Waals surface area (Å²) in [7, 11) is 2.21. The summed E-state index contributed by atoms with van der Waals surface area (Å²) in [5.74, 6) is 2.34. The van der Waals surface area contributed by atoms with Gasteiger partial charge >= 0.3 is 0 Å². The Bertz CT molecular complexity index is 497. The smallest absolute Gasteiger partial charge is 0.137 e. The predicted molar refractivity (Wildman–Crippen MR) is 82.5 cm³/mol. The number of likely N-dealkylation sites (N-methyl/N-ethyl adjacent to an activating group) is 1. The van der Waals surface area contributed by atoms with Gasteiger partial charge in [-0.05, 0) is 46.6 Å². The van der Waals surface area contributed by atoms with Gasteiger partial charge in [-0.15, -0.1) is 0 Å². The third kappa shape index (κ3) is 3.07. The normalized spacial score (nSPS) is 20.2. The van der Waals surface area contributed by atoms with Gasteiger partial charge in [-0.3, -0.25) is 4.90 Å². The molecule has 4 nitrogen and oxygen atoms in total. The van der Waals surface area contributed by atoms with Crippen LogP contribution in [0.4, 0.5) is 5.82 Å². The van der Waals surface area contributed by atoms with E-state index in [9.17, 15) is 0 Å². The SMILES string of the molecule is Cc1c(Cl)nc(C2CC2)nc1NCC(C)N(C)C1CC1. The van der Waals surface area contributed by atoms with Gasteiger partial charge in [0.05, 0.1) is 0 Å². The average Bonchev–Trinajstić information content (AvgIpc) is 3.30. The molecule has 2 aliphatic carbocycles. The zero-order valence-corrected chi connectivity index (χ0v) is 13.2. The van der Waals surface area contributed by atoms with Gasteiger partial charge in [-0.2, -0.15) is 0 Å². The van der Waals surface area contributed by atoms with Gasteiger partial charge in [0, 0.05) is 30.1 Å². The second-order valence-corrected chi connectivity index (χ2v) is 6.61. The molecular formula is C15H23ClN4. The van der Waals surface area contributed by atoms with E-state index in [0.29, 0.717) is 17.1 Å². The molecule has 2 aliphatic rings. The first-order chi connectivity index (χ1) is 9.56. The van der Waals surface area contributed by atoms with Gasteiger partial charge in [0.1, 0.15) is 16.8 Å². The Morgan fingerprint density at radius 1 is 1.30 bits per heavy atom. The van der Waals surface area contributed by atoms with Gasteiger partial charge in [0.25, 0.3) is 0 Å². The average molecular weight is 295 g/mol. The fourth-order valence-electron chi connectivity index (χ4n) is 2.43. The Labute approximate surface area is 125 Å². The maximum atomic E-state index is 6.23. The summed E-state index contributed by atoms with van der Waals surface area (Å²) in [5.41, 5.74) is 0.956. The van der Waals surface area contributed by atoms with Crippen molar-refractivity contribution in [1.82, 2.24) is 14.9 Å². The van der Waals surface area contributed by atoms with Gasteiger partial charge in [-0.1, -0.05) is 11.6 Å². The topological polar surface area (TPSA) is 41.1 Å². The molecule has 1 N–H and O–H groups in total. The first-order valence-electron chi connectivity index (χ1n) is 7.56. The fraction of sp³-hybridized carbons (Fsp3) is 0.733. The highest BCUT2D eigenvalue weighted by Gasteiger charge is 2.30. The molecule has 3 rings (SSSR count). The Morgan fingerprint density at radius 3 is 2.60 bits per heavy atom. The van der Waals surface area contributed by atoms with Gasteiger partial charge in [0.15, 0.2) is 0 Å². The molecule has 1 aromatic heterocycles. The molecule has 2 saturated carbocycles. The summed E-state index contributed by atoms with van der Waals surface area (Å²) >= 11 is 6.23. The van der Waals surface area contributed by atoms with E-state index in [1.807, 2.05) is 6.92 Å². The molecule has 1 atom stereocenters. The van der Waals surface area contributed by atoms with Crippen molar-refractivity contribution >= 4 is 17.4 Å². The first-order valence-corrected chi connectivity index (χ1v) is 7.94. The molecule has 0 bridgehead atoms. The summed E-state index contributed by atoms with van der Waals surface area (Å²) in [6.07, 6.45) is 5.06. The quantitative estimate of drug-likeness (QED) is 0.818. The van der Waals surface area contributed by atoms with Crippen molar-refractivity contribution in [2.75, 3.05) is 18.9 Å². The predicted octanol–water partition coefficient (Wildman–Crippen LogP) is 3.21. The number of nitrogens with one attached hydrogen (secondary N) is 1. The minimum absolute atomic E-state index is 0.500. The molecule has 5 heteroatoms. The van der Waals surface area contributed by atoms with Crippen LogP contribution in [-0.4, -0.2) is 40.5 Å². The first kappa shape index (κ1) is 14.1. The minimum atomic E-state index is 0.500. The van der Waals surface area contributed by atoms with E-state index in [2.05, 4.69) is 34.2 Å². The number of aromatic nitrogens is 2. The van der Waals surface area contributed by atoms with E-state index in [1.165, 1.54) is 25.7 Å². The number of halogens is 1. The lowest BCUT2D eigenvalue weighted by molar-refractivity contribution is 0.257. The zero-order valence-electron chi connectivity index (χ0n) is 12.5. The van der Waals surface area contributed by atoms with Crippen LogP contribution < -0.4 is 5.32 Å². The molecule has 0 radical (unpaired) electrons. The molecule has 0 saturated heterocycles. The van der Waals surface area contributed by atoms with Crippen LogP contribution in [0.25, 0.3) is 0 Å². The van der Waals surface area contributed by atoms with Crippen LogP contribution in [0.15, 0.2) is 0 Å². The van der Waals surface area contributed by atoms with Crippen molar-refractivity contribution in [2.24, 2.45) is 0 Å². The van der Waals surface area contributed by atoms with Crippen molar-refractivity contribution in [3.63, 3.8) is 0 Å². The molecule has 20 heavy (non-hydrogen) atoms. The Kier molecular flexibility index (Phi) is 3.87. The summed E-state index contributed by atoms with van der Waals surface area (Å²) in [6.45, 7) is 5.13. The molecule has 2 fully saturated rings. The second kappa shape index (κ2) is 5.49. The molecule has 0 aromatic carbocycles. The molecule has 0 amide bonds. The van der Waals surface area contributed by atoms with E-state index in [1.54, 1.807) is 0 Å². The highest BCUT2D eigenvalue weighted by atomic mass is 35.5. The lowest BCUT2D eigenvalue weighted by Gasteiger charge is -2.25. The lowest BCUT2D eigenvalue weighted by atomic mass is 10.2. The standard InChI is InChI=1S/C15H23ClN4/c1-9(20(3)12-6-7-12)8-17-14-10(2)13(16)18-15(19-14)11-4-5-11/h9,11-12H,4-8H2,1-3H3,(H,17,18,19). The van der Waals surface area contributed by atoms with Crippen molar-refractivity contribution in [3.8, 4) is 0 Å². The van der Waals surface area contributed by atoms with Crippen LogP contribution in [0.1, 0.15) is 49.9 Å². The second-order valence-electron chi connectivity index (χ2n) is 6.25. The lowest BCUT2D eigenvalue weighted by Crippen LogP contribution is -2.36.